The van der Waals surface area contributed by atoms with Crippen LogP contribution in [0.1, 0.15) is 32.1 Å². The van der Waals surface area contributed by atoms with Gasteiger partial charge in [0.15, 0.2) is 0 Å². The molecule has 1 aliphatic rings. The number of hydrogen-bond acceptors (Lipinski definition) is 3. The molecule has 0 aliphatic heterocycles. The monoisotopic (exact) mass is 270 g/mol. The second-order valence-electron chi connectivity index (χ2n) is 5.55. The Balaban J connectivity index is 1.80. The van der Waals surface area contributed by atoms with Crippen LogP contribution < -0.4 is 10.1 Å². The summed E-state index contributed by atoms with van der Waals surface area (Å²) in [5.41, 5.74) is 1.000. The molecule has 3 rings (SSSR count). The largest absolute Gasteiger partial charge is 0.489 e. The topological polar surface area (TPSA) is 34.1 Å². The summed E-state index contributed by atoms with van der Waals surface area (Å²) in [6.45, 7) is 0. The summed E-state index contributed by atoms with van der Waals surface area (Å²) >= 11 is 0. The van der Waals surface area contributed by atoms with Gasteiger partial charge in [0, 0.05) is 23.7 Å². The minimum absolute atomic E-state index is 0.267. The number of likely N-dealkylation sites (N-methyl/N-ethyl adjacent to an activating group) is 1. The zero-order valence-corrected chi connectivity index (χ0v) is 12.0. The molecule has 0 amide bonds. The van der Waals surface area contributed by atoms with Gasteiger partial charge in [0.25, 0.3) is 0 Å². The van der Waals surface area contributed by atoms with Crippen molar-refractivity contribution in [3.63, 3.8) is 0 Å². The van der Waals surface area contributed by atoms with Crippen LogP contribution in [-0.2, 0) is 0 Å². The van der Waals surface area contributed by atoms with E-state index in [-0.39, 0.29) is 6.10 Å². The highest BCUT2D eigenvalue weighted by atomic mass is 16.5. The molecule has 1 N–H and O–H groups in total. The number of pyridine rings is 1. The van der Waals surface area contributed by atoms with Crippen molar-refractivity contribution in [1.29, 1.82) is 0 Å². The Labute approximate surface area is 120 Å². The molecule has 20 heavy (non-hydrogen) atoms. The lowest BCUT2D eigenvalue weighted by molar-refractivity contribution is 0.149. The van der Waals surface area contributed by atoms with Crippen LogP contribution in [0.4, 0.5) is 0 Å². The van der Waals surface area contributed by atoms with Crippen LogP contribution in [0, 0.1) is 0 Å². The Bertz CT molecular complexity index is 570. The lowest BCUT2D eigenvalue weighted by Crippen LogP contribution is -2.40. The first-order valence-corrected chi connectivity index (χ1v) is 7.55. The van der Waals surface area contributed by atoms with Crippen molar-refractivity contribution in [1.82, 2.24) is 10.3 Å². The fourth-order valence-corrected chi connectivity index (χ4v) is 3.04. The summed E-state index contributed by atoms with van der Waals surface area (Å²) in [6.07, 6.45) is 8.30. The molecule has 1 aromatic carbocycles. The molecule has 0 saturated heterocycles. The molecule has 3 heteroatoms. The van der Waals surface area contributed by atoms with Crippen LogP contribution in [-0.4, -0.2) is 24.2 Å². The fraction of sp³-hybridized carbons (Fsp3) is 0.471. The van der Waals surface area contributed by atoms with Gasteiger partial charge in [-0.15, -0.1) is 0 Å². The van der Waals surface area contributed by atoms with Crippen molar-refractivity contribution in [2.75, 3.05) is 7.05 Å². The summed E-state index contributed by atoms with van der Waals surface area (Å²) in [5.74, 6) is 0.934. The number of fused-ring (bicyclic) bond motifs is 1. The van der Waals surface area contributed by atoms with Crippen molar-refractivity contribution in [2.24, 2.45) is 0 Å². The molecule has 1 heterocycles. The van der Waals surface area contributed by atoms with Crippen molar-refractivity contribution in [3.05, 3.63) is 36.5 Å². The Kier molecular flexibility index (Phi) is 4.16. The van der Waals surface area contributed by atoms with Crippen molar-refractivity contribution in [2.45, 2.75) is 44.2 Å². The molecular formula is C17H22N2O. The predicted octanol–water partition coefficient (Wildman–Crippen LogP) is 3.53. The Morgan fingerprint density at radius 3 is 2.95 bits per heavy atom. The van der Waals surface area contributed by atoms with Crippen LogP contribution in [0.15, 0.2) is 36.5 Å². The number of hydrogen-bond donors (Lipinski definition) is 1. The number of nitrogens with zero attached hydrogens (tertiary/aromatic N) is 1. The van der Waals surface area contributed by atoms with E-state index in [2.05, 4.69) is 28.5 Å². The van der Waals surface area contributed by atoms with Gasteiger partial charge in [0.1, 0.15) is 11.9 Å². The van der Waals surface area contributed by atoms with E-state index in [1.807, 2.05) is 25.4 Å². The maximum atomic E-state index is 6.24. The molecule has 3 nitrogen and oxygen atoms in total. The highest BCUT2D eigenvalue weighted by Gasteiger charge is 2.23. The predicted molar refractivity (Wildman–Crippen MR) is 82.1 cm³/mol. The molecule has 0 bridgehead atoms. The lowest BCUT2D eigenvalue weighted by atomic mass is 10.1. The van der Waals surface area contributed by atoms with Gasteiger partial charge < -0.3 is 10.1 Å². The maximum absolute atomic E-state index is 6.24. The van der Waals surface area contributed by atoms with Crippen molar-refractivity contribution >= 4 is 10.9 Å². The molecule has 1 saturated carbocycles. The molecular weight excluding hydrogens is 248 g/mol. The molecule has 2 aromatic rings. The van der Waals surface area contributed by atoms with E-state index in [4.69, 9.17) is 4.74 Å². The summed E-state index contributed by atoms with van der Waals surface area (Å²) in [6, 6.07) is 10.7. The number of benzene rings is 1. The number of rotatable bonds is 3. The molecule has 0 radical (unpaired) electrons. The molecule has 1 fully saturated rings. The maximum Gasteiger partial charge on any atom is 0.122 e. The van der Waals surface area contributed by atoms with Crippen molar-refractivity contribution in [3.8, 4) is 5.75 Å². The molecule has 0 spiro atoms. The summed E-state index contributed by atoms with van der Waals surface area (Å²) in [7, 11) is 2.04. The van der Waals surface area contributed by atoms with Gasteiger partial charge >= 0.3 is 0 Å². The molecule has 2 unspecified atom stereocenters. The Morgan fingerprint density at radius 1 is 1.15 bits per heavy atom. The molecule has 2 atom stereocenters. The minimum Gasteiger partial charge on any atom is -0.489 e. The summed E-state index contributed by atoms with van der Waals surface area (Å²) in [5, 5.41) is 4.57. The quantitative estimate of drug-likeness (QED) is 0.866. The Morgan fingerprint density at radius 2 is 2.05 bits per heavy atom. The minimum atomic E-state index is 0.267. The normalized spacial score (nSPS) is 23.4. The van der Waals surface area contributed by atoms with E-state index in [0.29, 0.717) is 6.04 Å². The first kappa shape index (κ1) is 13.4. The second-order valence-corrected chi connectivity index (χ2v) is 5.55. The smallest absolute Gasteiger partial charge is 0.122 e. The zero-order chi connectivity index (χ0) is 13.8. The van der Waals surface area contributed by atoms with E-state index in [9.17, 15) is 0 Å². The van der Waals surface area contributed by atoms with E-state index in [1.54, 1.807) is 0 Å². The molecule has 1 aromatic heterocycles. The van der Waals surface area contributed by atoms with Gasteiger partial charge in [-0.3, -0.25) is 4.98 Å². The number of nitrogens with one attached hydrogen (secondary N) is 1. The van der Waals surface area contributed by atoms with Crippen LogP contribution in [0.3, 0.4) is 0 Å². The van der Waals surface area contributed by atoms with Gasteiger partial charge in [0.05, 0.1) is 5.52 Å². The number of ether oxygens (including phenoxy) is 1. The third-order valence-corrected chi connectivity index (χ3v) is 4.19. The third-order valence-electron chi connectivity index (χ3n) is 4.19. The van der Waals surface area contributed by atoms with Crippen LogP contribution in [0.5, 0.6) is 5.75 Å². The standard InChI is InChI=1S/C17H22N2O/c1-18-15-7-3-2-4-8-17(15)20-14-10-9-13-6-5-11-19-16(13)12-14/h5-6,9-12,15,17-18H,2-4,7-8H2,1H3. The van der Waals surface area contributed by atoms with Crippen molar-refractivity contribution < 1.29 is 4.74 Å². The van der Waals surface area contributed by atoms with Gasteiger partial charge in [-0.05, 0) is 44.5 Å². The first-order chi connectivity index (χ1) is 9.86. The van der Waals surface area contributed by atoms with E-state index in [0.717, 1.165) is 23.1 Å². The first-order valence-electron chi connectivity index (χ1n) is 7.55. The van der Waals surface area contributed by atoms with Crippen LogP contribution >= 0.6 is 0 Å². The summed E-state index contributed by atoms with van der Waals surface area (Å²) < 4.78 is 6.24. The highest BCUT2D eigenvalue weighted by molar-refractivity contribution is 5.79. The van der Waals surface area contributed by atoms with Gasteiger partial charge in [-0.25, -0.2) is 0 Å². The van der Waals surface area contributed by atoms with E-state index in [1.165, 1.54) is 25.7 Å². The summed E-state index contributed by atoms with van der Waals surface area (Å²) in [4.78, 5) is 4.40. The van der Waals surface area contributed by atoms with Gasteiger partial charge in [-0.2, -0.15) is 0 Å². The Hall–Kier alpha value is -1.61. The van der Waals surface area contributed by atoms with Crippen LogP contribution in [0.25, 0.3) is 10.9 Å². The fourth-order valence-electron chi connectivity index (χ4n) is 3.04. The molecule has 1 aliphatic carbocycles. The zero-order valence-electron chi connectivity index (χ0n) is 12.0. The third kappa shape index (κ3) is 2.93. The van der Waals surface area contributed by atoms with E-state index >= 15 is 0 Å². The lowest BCUT2D eigenvalue weighted by Gasteiger charge is -2.25. The molecule has 106 valence electrons. The van der Waals surface area contributed by atoms with Gasteiger partial charge in [-0.1, -0.05) is 18.9 Å². The van der Waals surface area contributed by atoms with Gasteiger partial charge in [0.2, 0.25) is 0 Å². The van der Waals surface area contributed by atoms with Crippen LogP contribution in [0.2, 0.25) is 0 Å². The second kappa shape index (κ2) is 6.23. The highest BCUT2D eigenvalue weighted by Crippen LogP contribution is 2.25. The average molecular weight is 270 g/mol. The van der Waals surface area contributed by atoms with E-state index < -0.39 is 0 Å². The average Bonchev–Trinajstić information content (AvgIpc) is 2.72. The number of aromatic nitrogens is 1. The SMILES string of the molecule is CNC1CCCCCC1Oc1ccc2cccnc2c1.